The van der Waals surface area contributed by atoms with E-state index >= 15 is 0 Å². The van der Waals surface area contributed by atoms with Gasteiger partial charge in [0.2, 0.25) is 5.71 Å². The van der Waals surface area contributed by atoms with Crippen molar-refractivity contribution in [3.8, 4) is 0 Å². The van der Waals surface area contributed by atoms with Gasteiger partial charge in [-0.25, -0.2) is 9.78 Å². The predicted octanol–water partition coefficient (Wildman–Crippen LogP) is 0.901. The molecule has 1 fully saturated rings. The molecule has 0 spiro atoms. The van der Waals surface area contributed by atoms with Crippen LogP contribution in [0.1, 0.15) is 5.56 Å². The number of aromatic nitrogens is 2. The van der Waals surface area contributed by atoms with Crippen LogP contribution in [0.5, 0.6) is 0 Å². The van der Waals surface area contributed by atoms with E-state index in [0.29, 0.717) is 12.3 Å². The third kappa shape index (κ3) is 3.04. The minimum Gasteiger partial charge on any atom is -0.309 e. The van der Waals surface area contributed by atoms with Gasteiger partial charge in [-0.2, -0.15) is 0 Å². The van der Waals surface area contributed by atoms with Crippen molar-refractivity contribution in [2.24, 2.45) is 0 Å². The van der Waals surface area contributed by atoms with Crippen molar-refractivity contribution in [1.29, 1.82) is 0 Å². The summed E-state index contributed by atoms with van der Waals surface area (Å²) in [7, 11) is 0. The normalized spacial score (nSPS) is 16.0. The quantitative estimate of drug-likeness (QED) is 0.631. The number of anilines is 1. The molecule has 1 aliphatic rings. The number of nitrogens with two attached hydrogens (primary N) is 1. The molecule has 3 heterocycles. The van der Waals surface area contributed by atoms with Gasteiger partial charge in [0, 0.05) is 24.2 Å². The molecule has 0 saturated carbocycles. The number of urea groups is 1. The Morgan fingerprint density at radius 2 is 2.23 bits per heavy atom. The summed E-state index contributed by atoms with van der Waals surface area (Å²) in [5.74, 6) is 0. The summed E-state index contributed by atoms with van der Waals surface area (Å²) in [4.78, 5) is 21.8. The van der Waals surface area contributed by atoms with Crippen LogP contribution in [-0.4, -0.2) is 28.3 Å². The number of allylic oxidation sites excluding steroid dienone is 1. The zero-order chi connectivity index (χ0) is 15.5. The van der Waals surface area contributed by atoms with Crippen LogP contribution >= 0.6 is 15.9 Å². The van der Waals surface area contributed by atoms with Crippen molar-refractivity contribution >= 4 is 33.4 Å². The first-order valence-corrected chi connectivity index (χ1v) is 7.36. The molecule has 2 aromatic rings. The van der Waals surface area contributed by atoms with Crippen LogP contribution in [0, 0.1) is 0 Å². The second kappa shape index (κ2) is 6.07. The fraction of sp³-hybridized carbons (Fsp3) is 0.0667. The number of carbonyl (C=O) groups is 1. The van der Waals surface area contributed by atoms with Gasteiger partial charge >= 0.3 is 6.03 Å². The average molecular weight is 359 g/mol. The highest BCUT2D eigenvalue weighted by Gasteiger charge is 2.26. The van der Waals surface area contributed by atoms with E-state index in [2.05, 4.69) is 31.2 Å². The Hall–Kier alpha value is -2.54. The van der Waals surface area contributed by atoms with Crippen molar-refractivity contribution in [2.75, 3.05) is 11.4 Å². The molecule has 1 saturated heterocycles. The number of nitrogens with zero attached hydrogens (tertiary/aromatic N) is 3. The number of carbonyl (C=O) groups excluding carboxylic acids is 1. The molecule has 0 unspecified atom stereocenters. The summed E-state index contributed by atoms with van der Waals surface area (Å²) in [5.41, 5.74) is 2.81. The predicted molar refractivity (Wildman–Crippen MR) is 86.2 cm³/mol. The van der Waals surface area contributed by atoms with E-state index in [1.54, 1.807) is 35.6 Å². The molecular weight excluding hydrogens is 346 g/mol. The number of rotatable bonds is 3. The van der Waals surface area contributed by atoms with Crippen LogP contribution in [0.4, 0.5) is 10.5 Å². The molecule has 3 N–H and O–H groups in total. The van der Waals surface area contributed by atoms with Gasteiger partial charge in [0.25, 0.3) is 0 Å². The number of nitrogens with one attached hydrogen (secondary N) is 1. The maximum Gasteiger partial charge on any atom is 0.326 e. The lowest BCUT2D eigenvalue weighted by atomic mass is 10.1. The lowest BCUT2D eigenvalue weighted by Crippen LogP contribution is -2.39. The van der Waals surface area contributed by atoms with Crippen molar-refractivity contribution in [2.45, 2.75) is 0 Å². The van der Waals surface area contributed by atoms with Gasteiger partial charge in [0.1, 0.15) is 4.60 Å². The van der Waals surface area contributed by atoms with E-state index in [0.717, 1.165) is 21.6 Å². The molecule has 3 rings (SSSR count). The maximum atomic E-state index is 12.0. The summed E-state index contributed by atoms with van der Waals surface area (Å²) in [6.07, 6.45) is 6.74. The summed E-state index contributed by atoms with van der Waals surface area (Å²) in [6.45, 7) is 0.426. The second-order valence-electron chi connectivity index (χ2n) is 4.72. The monoisotopic (exact) mass is 358 g/mol. The van der Waals surface area contributed by atoms with Crippen LogP contribution in [0.25, 0.3) is 0 Å². The molecule has 6 nitrogen and oxygen atoms in total. The molecule has 110 valence electrons. The Morgan fingerprint density at radius 3 is 2.91 bits per heavy atom. The van der Waals surface area contributed by atoms with E-state index in [1.165, 1.54) is 0 Å². The fourth-order valence-corrected chi connectivity index (χ4v) is 2.34. The van der Waals surface area contributed by atoms with Crippen LogP contribution in [0.2, 0.25) is 0 Å². The molecule has 1 aliphatic heterocycles. The largest absolute Gasteiger partial charge is 0.326 e. The standard InChI is InChI=1S/C15H12BrN5O/c16-14-4-3-10(7-19-14)13(17)6-11-9-21(15(22)20-11)12-2-1-5-18-8-12/h1-8,17H,9H2,(H,20,22)/p+1/b11-6-,17-13?. The topological polar surface area (TPSA) is 83.7 Å². The minimum atomic E-state index is -0.194. The highest BCUT2D eigenvalue weighted by molar-refractivity contribution is 9.10. The zero-order valence-corrected chi connectivity index (χ0v) is 13.1. The molecule has 2 aromatic heterocycles. The van der Waals surface area contributed by atoms with E-state index in [1.807, 2.05) is 18.2 Å². The van der Waals surface area contributed by atoms with E-state index in [4.69, 9.17) is 5.41 Å². The summed E-state index contributed by atoms with van der Waals surface area (Å²) < 4.78 is 0.744. The molecule has 0 aliphatic carbocycles. The number of amides is 2. The Labute approximate surface area is 135 Å². The van der Waals surface area contributed by atoms with Gasteiger partial charge in [0.05, 0.1) is 24.0 Å². The summed E-state index contributed by atoms with van der Waals surface area (Å²) in [6, 6.07) is 7.11. The van der Waals surface area contributed by atoms with Gasteiger partial charge < -0.3 is 5.32 Å². The molecule has 22 heavy (non-hydrogen) atoms. The van der Waals surface area contributed by atoms with Gasteiger partial charge in [0.15, 0.2) is 0 Å². The van der Waals surface area contributed by atoms with Crippen LogP contribution in [-0.2, 0) is 0 Å². The third-order valence-electron chi connectivity index (χ3n) is 3.19. The van der Waals surface area contributed by atoms with Crippen LogP contribution in [0.3, 0.4) is 0 Å². The van der Waals surface area contributed by atoms with E-state index in [9.17, 15) is 4.79 Å². The summed E-state index contributed by atoms with van der Waals surface area (Å²) in [5, 5.41) is 8.86. The van der Waals surface area contributed by atoms with Gasteiger partial charge in [-0.15, -0.1) is 0 Å². The first kappa shape index (κ1) is 14.4. The van der Waals surface area contributed by atoms with E-state index < -0.39 is 0 Å². The first-order valence-electron chi connectivity index (χ1n) is 6.57. The Bertz CT molecular complexity index is 742. The molecule has 0 atom stereocenters. The smallest absolute Gasteiger partial charge is 0.309 e. The Balaban J connectivity index is 1.78. The Morgan fingerprint density at radius 1 is 1.36 bits per heavy atom. The summed E-state index contributed by atoms with van der Waals surface area (Å²) >= 11 is 3.28. The van der Waals surface area contributed by atoms with Crippen molar-refractivity contribution < 1.29 is 10.2 Å². The van der Waals surface area contributed by atoms with E-state index in [-0.39, 0.29) is 6.03 Å². The molecule has 7 heteroatoms. The minimum absolute atomic E-state index is 0.194. The lowest BCUT2D eigenvalue weighted by molar-refractivity contribution is -0.111. The fourth-order valence-electron chi connectivity index (χ4n) is 2.11. The van der Waals surface area contributed by atoms with Gasteiger partial charge in [-0.1, -0.05) is 0 Å². The van der Waals surface area contributed by atoms with Crippen molar-refractivity contribution in [1.82, 2.24) is 15.3 Å². The number of hydrogen-bond acceptors (Lipinski definition) is 3. The molecule has 0 radical (unpaired) electrons. The highest BCUT2D eigenvalue weighted by Crippen LogP contribution is 2.18. The second-order valence-corrected chi connectivity index (χ2v) is 5.53. The average Bonchev–Trinajstić information content (AvgIpc) is 2.89. The molecule has 2 amide bonds. The SMILES string of the molecule is [NH2+]=C(/C=C1/CN(c2cccnc2)C(=O)N1)c1ccc(Br)nc1. The molecule has 0 aromatic carbocycles. The van der Waals surface area contributed by atoms with Gasteiger partial charge in [-0.05, 0) is 40.2 Å². The Kier molecular flexibility index (Phi) is 3.97. The van der Waals surface area contributed by atoms with Crippen molar-refractivity contribution in [3.63, 3.8) is 0 Å². The number of pyridine rings is 2. The highest BCUT2D eigenvalue weighted by atomic mass is 79.9. The molecule has 0 bridgehead atoms. The molecular formula is C15H13BrN5O+. The van der Waals surface area contributed by atoms with Crippen LogP contribution in [0.15, 0.2) is 59.2 Å². The lowest BCUT2D eigenvalue weighted by Gasteiger charge is -2.12. The first-order chi connectivity index (χ1) is 10.6. The van der Waals surface area contributed by atoms with Gasteiger partial charge in [-0.3, -0.25) is 15.3 Å². The third-order valence-corrected chi connectivity index (χ3v) is 3.66. The number of hydrogen-bond donors (Lipinski definition) is 2. The maximum absolute atomic E-state index is 12.0. The number of halogens is 1. The van der Waals surface area contributed by atoms with Crippen molar-refractivity contribution in [3.05, 3.63) is 64.8 Å². The zero-order valence-electron chi connectivity index (χ0n) is 11.5. The van der Waals surface area contributed by atoms with Crippen LogP contribution < -0.4 is 15.6 Å².